The molecule has 5 N–H and O–H groups in total. The summed E-state index contributed by atoms with van der Waals surface area (Å²) in [6.07, 6.45) is 1.50. The van der Waals surface area contributed by atoms with Crippen molar-refractivity contribution in [3.8, 4) is 10.6 Å². The van der Waals surface area contributed by atoms with Gasteiger partial charge in [-0.25, -0.2) is 14.8 Å². The first-order valence-electron chi connectivity index (χ1n) is 8.25. The van der Waals surface area contributed by atoms with E-state index in [-0.39, 0.29) is 16.6 Å². The van der Waals surface area contributed by atoms with E-state index in [1.807, 2.05) is 27.7 Å². The number of thiazole rings is 1. The lowest BCUT2D eigenvalue weighted by Gasteiger charge is -2.19. The van der Waals surface area contributed by atoms with Gasteiger partial charge in [0.1, 0.15) is 15.7 Å². The molecule has 2 aromatic heterocycles. The molecule has 0 aliphatic rings. The third kappa shape index (κ3) is 5.48. The molecule has 144 valence electrons. The van der Waals surface area contributed by atoms with Crippen molar-refractivity contribution in [3.05, 3.63) is 28.9 Å². The molecule has 0 spiro atoms. The fourth-order valence-electron chi connectivity index (χ4n) is 2.08. The summed E-state index contributed by atoms with van der Waals surface area (Å²) in [6, 6.07) is 2.93. The van der Waals surface area contributed by atoms with E-state index in [4.69, 9.17) is 5.73 Å². The summed E-state index contributed by atoms with van der Waals surface area (Å²) in [4.78, 5) is 44.1. The molecule has 9 nitrogen and oxygen atoms in total. The lowest BCUT2D eigenvalue weighted by Crippen LogP contribution is -2.41. The zero-order valence-corrected chi connectivity index (χ0v) is 16.4. The Morgan fingerprint density at radius 1 is 1.22 bits per heavy atom. The molecule has 10 heteroatoms. The molecule has 0 aromatic carbocycles. The quantitative estimate of drug-likeness (QED) is 0.618. The van der Waals surface area contributed by atoms with Crippen molar-refractivity contribution in [1.82, 2.24) is 20.6 Å². The Morgan fingerprint density at radius 3 is 2.44 bits per heavy atom. The normalized spacial score (nSPS) is 11.0. The Balaban J connectivity index is 2.28. The lowest BCUT2D eigenvalue weighted by atomic mass is 10.1. The number of amides is 4. The molecule has 0 saturated carbocycles. The topological polar surface area (TPSA) is 139 Å². The first-order chi connectivity index (χ1) is 12.6. The van der Waals surface area contributed by atoms with Gasteiger partial charge in [0, 0.05) is 23.8 Å². The number of pyridine rings is 1. The zero-order valence-electron chi connectivity index (χ0n) is 15.5. The van der Waals surface area contributed by atoms with Crippen LogP contribution < -0.4 is 21.7 Å². The van der Waals surface area contributed by atoms with Crippen molar-refractivity contribution in [2.45, 2.75) is 33.2 Å². The van der Waals surface area contributed by atoms with Gasteiger partial charge in [-0.1, -0.05) is 0 Å². The van der Waals surface area contributed by atoms with E-state index in [9.17, 15) is 14.4 Å². The monoisotopic (exact) mass is 390 g/mol. The second-order valence-electron chi connectivity index (χ2n) is 6.68. The summed E-state index contributed by atoms with van der Waals surface area (Å²) >= 11 is 1.02. The maximum Gasteiger partial charge on any atom is 0.320 e. The molecule has 0 saturated heterocycles. The van der Waals surface area contributed by atoms with Crippen LogP contribution in [0.1, 0.15) is 47.9 Å². The van der Waals surface area contributed by atoms with Gasteiger partial charge in [0.2, 0.25) is 0 Å². The Hall–Kier alpha value is -3.01. The van der Waals surface area contributed by atoms with Crippen LogP contribution in [0.25, 0.3) is 10.6 Å². The fourth-order valence-corrected chi connectivity index (χ4v) is 2.98. The van der Waals surface area contributed by atoms with Crippen molar-refractivity contribution >= 4 is 35.0 Å². The van der Waals surface area contributed by atoms with E-state index in [2.05, 4.69) is 25.9 Å². The number of hydrogen-bond donors (Lipinski definition) is 4. The number of carbonyl (C=O) groups is 3. The molecule has 0 unspecified atom stereocenters. The summed E-state index contributed by atoms with van der Waals surface area (Å²) in [5.41, 5.74) is 5.50. The molecule has 2 rings (SSSR count). The summed E-state index contributed by atoms with van der Waals surface area (Å²) in [6.45, 7) is 7.78. The maximum absolute atomic E-state index is 12.4. The molecule has 0 radical (unpaired) electrons. The minimum absolute atomic E-state index is 0.0121. The molecule has 0 atom stereocenters. The number of nitrogens with one attached hydrogen (secondary N) is 3. The van der Waals surface area contributed by atoms with Gasteiger partial charge in [0.05, 0.1) is 0 Å². The molecule has 0 aliphatic carbocycles. The van der Waals surface area contributed by atoms with E-state index >= 15 is 0 Å². The molecule has 2 heterocycles. The third-order valence-electron chi connectivity index (χ3n) is 3.14. The number of carbonyl (C=O) groups excluding carboxylic acids is 3. The molecule has 2 aromatic rings. The first kappa shape index (κ1) is 20.3. The van der Waals surface area contributed by atoms with E-state index in [0.717, 1.165) is 11.3 Å². The number of urea groups is 1. The number of anilines is 1. The highest BCUT2D eigenvalue weighted by Crippen LogP contribution is 2.28. The van der Waals surface area contributed by atoms with Crippen molar-refractivity contribution in [2.24, 2.45) is 5.73 Å². The van der Waals surface area contributed by atoms with E-state index < -0.39 is 17.4 Å². The predicted octanol–water partition coefficient (Wildman–Crippen LogP) is 1.97. The summed E-state index contributed by atoms with van der Waals surface area (Å²) < 4.78 is 0. The predicted molar refractivity (Wildman–Crippen MR) is 104 cm³/mol. The van der Waals surface area contributed by atoms with Crippen molar-refractivity contribution in [2.75, 3.05) is 11.9 Å². The van der Waals surface area contributed by atoms with Crippen LogP contribution in [0, 0.1) is 0 Å². The molecule has 0 bridgehead atoms. The molecule has 27 heavy (non-hydrogen) atoms. The number of primary amides is 1. The number of nitrogens with zero attached hydrogens (tertiary/aromatic N) is 2. The van der Waals surface area contributed by atoms with Crippen LogP contribution in [0.4, 0.5) is 10.6 Å². The minimum Gasteiger partial charge on any atom is -0.365 e. The third-order valence-corrected chi connectivity index (χ3v) is 4.26. The van der Waals surface area contributed by atoms with Gasteiger partial charge < -0.3 is 16.4 Å². The fraction of sp³-hybridized carbons (Fsp3) is 0.353. The van der Waals surface area contributed by atoms with Crippen molar-refractivity contribution in [3.63, 3.8) is 0 Å². The van der Waals surface area contributed by atoms with Gasteiger partial charge >= 0.3 is 6.03 Å². The van der Waals surface area contributed by atoms with Crippen LogP contribution in [0.5, 0.6) is 0 Å². The van der Waals surface area contributed by atoms with Crippen LogP contribution in [0.3, 0.4) is 0 Å². The average molecular weight is 390 g/mol. The van der Waals surface area contributed by atoms with E-state index in [1.54, 1.807) is 12.1 Å². The summed E-state index contributed by atoms with van der Waals surface area (Å²) in [5.74, 6) is -0.830. The smallest absolute Gasteiger partial charge is 0.320 e. The molecular weight excluding hydrogens is 368 g/mol. The summed E-state index contributed by atoms with van der Waals surface area (Å²) in [7, 11) is 0. The second-order valence-corrected chi connectivity index (χ2v) is 7.68. The first-order valence-corrected chi connectivity index (χ1v) is 9.06. The maximum atomic E-state index is 12.4. The van der Waals surface area contributed by atoms with Gasteiger partial charge in [-0.15, -0.1) is 11.3 Å². The van der Waals surface area contributed by atoms with Crippen LogP contribution >= 0.6 is 11.3 Å². The molecule has 4 amide bonds. The number of rotatable bonds is 5. The molecular formula is C17H22N6O3S. The minimum atomic E-state index is -0.722. The Kier molecular flexibility index (Phi) is 6.11. The van der Waals surface area contributed by atoms with Crippen LogP contribution in [-0.4, -0.2) is 39.9 Å². The Bertz CT molecular complexity index is 855. The summed E-state index contributed by atoms with van der Waals surface area (Å²) in [5, 5.41) is 8.38. The highest BCUT2D eigenvalue weighted by Gasteiger charge is 2.25. The zero-order chi connectivity index (χ0) is 20.2. The largest absolute Gasteiger partial charge is 0.365 e. The van der Waals surface area contributed by atoms with Crippen LogP contribution in [-0.2, 0) is 0 Å². The molecule has 0 fully saturated rings. The van der Waals surface area contributed by atoms with Crippen molar-refractivity contribution < 1.29 is 14.4 Å². The highest BCUT2D eigenvalue weighted by molar-refractivity contribution is 7.17. The average Bonchev–Trinajstić information content (AvgIpc) is 3.00. The van der Waals surface area contributed by atoms with Gasteiger partial charge in [-0.3, -0.25) is 14.9 Å². The number of hydrogen-bond acceptors (Lipinski definition) is 6. The van der Waals surface area contributed by atoms with E-state index in [1.165, 1.54) is 6.20 Å². The van der Waals surface area contributed by atoms with Gasteiger partial charge in [-0.05, 0) is 39.8 Å². The highest BCUT2D eigenvalue weighted by atomic mass is 32.1. The lowest BCUT2D eigenvalue weighted by molar-refractivity contribution is 0.0903. The van der Waals surface area contributed by atoms with Crippen LogP contribution in [0.15, 0.2) is 18.3 Å². The Labute approximate surface area is 160 Å². The standard InChI is InChI=1S/C17H22N6O3S/c1-5-19-16(26)21-10-7-6-9(8-20-10)15-22-11(12(27-15)13(18)24)14(25)23-17(2,3)4/h6-8H,5H2,1-4H3,(H2,18,24)(H,23,25)(H2,19,20,21,26). The van der Waals surface area contributed by atoms with Crippen LogP contribution in [0.2, 0.25) is 0 Å². The molecule has 0 aliphatic heterocycles. The van der Waals surface area contributed by atoms with Gasteiger partial charge in [0.15, 0.2) is 5.69 Å². The van der Waals surface area contributed by atoms with E-state index in [0.29, 0.717) is 22.9 Å². The van der Waals surface area contributed by atoms with Crippen molar-refractivity contribution in [1.29, 1.82) is 0 Å². The number of nitrogens with two attached hydrogens (primary N) is 1. The van der Waals surface area contributed by atoms with Gasteiger partial charge in [-0.2, -0.15) is 0 Å². The SMILES string of the molecule is CCNC(=O)Nc1ccc(-c2nc(C(=O)NC(C)(C)C)c(C(N)=O)s2)cn1. The Morgan fingerprint density at radius 2 is 1.93 bits per heavy atom. The second kappa shape index (κ2) is 8.12. The van der Waals surface area contributed by atoms with Gasteiger partial charge in [0.25, 0.3) is 11.8 Å². The number of aromatic nitrogens is 2.